The Bertz CT molecular complexity index is 909. The van der Waals surface area contributed by atoms with Gasteiger partial charge in [0.05, 0.1) is 18.1 Å². The Kier molecular flexibility index (Phi) is 10.3. The third-order valence-electron chi connectivity index (χ3n) is 5.30. The normalized spacial score (nSPS) is 16.4. The van der Waals surface area contributed by atoms with E-state index >= 15 is 0 Å². The number of nitrogens with zero attached hydrogens (tertiary/aromatic N) is 2. The highest BCUT2D eigenvalue weighted by Gasteiger charge is 2.24. The molecule has 31 heavy (non-hydrogen) atoms. The summed E-state index contributed by atoms with van der Waals surface area (Å²) in [6, 6.07) is 11.8. The number of piperidine rings is 1. The summed E-state index contributed by atoms with van der Waals surface area (Å²) in [5.74, 6) is 1.76. The number of benzene rings is 1. The van der Waals surface area contributed by atoms with E-state index in [1.54, 1.807) is 13.3 Å². The Morgan fingerprint density at radius 3 is 2.35 bits per heavy atom. The van der Waals surface area contributed by atoms with E-state index in [9.17, 15) is 8.42 Å². The van der Waals surface area contributed by atoms with Crippen LogP contribution in [-0.4, -0.2) is 52.2 Å². The standard InChI is InChI=1S/C22H32N4O3S.HI/c1-23-22(24-15-18-8-10-19(11-9-18)17-30(2,27)28)25-16-20(21-7-6-14-29-21)26-12-4-3-5-13-26;/h6-11,14,20H,3-5,12-13,15-17H2,1-2H3,(H2,23,24,25);1H. The van der Waals surface area contributed by atoms with Crippen LogP contribution in [0.25, 0.3) is 0 Å². The molecule has 1 fully saturated rings. The summed E-state index contributed by atoms with van der Waals surface area (Å²) in [5.41, 5.74) is 1.86. The van der Waals surface area contributed by atoms with E-state index in [0.717, 1.165) is 35.9 Å². The van der Waals surface area contributed by atoms with Gasteiger partial charge in [-0.3, -0.25) is 9.89 Å². The molecule has 1 aromatic heterocycles. The summed E-state index contributed by atoms with van der Waals surface area (Å²) in [5, 5.41) is 6.75. The second-order valence-corrected chi connectivity index (χ2v) is 9.96. The number of guanidine groups is 1. The van der Waals surface area contributed by atoms with Crippen molar-refractivity contribution < 1.29 is 12.8 Å². The minimum atomic E-state index is -3.02. The minimum Gasteiger partial charge on any atom is -0.468 e. The number of rotatable bonds is 8. The van der Waals surface area contributed by atoms with Gasteiger partial charge in [-0.15, -0.1) is 24.0 Å². The van der Waals surface area contributed by atoms with E-state index in [1.165, 1.54) is 25.5 Å². The van der Waals surface area contributed by atoms with Crippen molar-refractivity contribution in [3.63, 3.8) is 0 Å². The van der Waals surface area contributed by atoms with Crippen molar-refractivity contribution in [3.05, 3.63) is 59.5 Å². The smallest absolute Gasteiger partial charge is 0.191 e. The maximum Gasteiger partial charge on any atom is 0.191 e. The molecule has 0 bridgehead atoms. The lowest BCUT2D eigenvalue weighted by Gasteiger charge is -2.33. The molecule has 1 saturated heterocycles. The molecule has 1 atom stereocenters. The van der Waals surface area contributed by atoms with Crippen LogP contribution in [0.3, 0.4) is 0 Å². The second-order valence-electron chi connectivity index (χ2n) is 7.82. The zero-order chi connectivity index (χ0) is 21.4. The molecule has 0 amide bonds. The summed E-state index contributed by atoms with van der Waals surface area (Å²) in [7, 11) is -1.26. The van der Waals surface area contributed by atoms with Gasteiger partial charge in [0, 0.05) is 26.4 Å². The van der Waals surface area contributed by atoms with E-state index in [2.05, 4.69) is 20.5 Å². The maximum absolute atomic E-state index is 11.4. The number of nitrogens with one attached hydrogen (secondary N) is 2. The molecule has 0 radical (unpaired) electrons. The molecule has 7 nitrogen and oxygen atoms in total. The van der Waals surface area contributed by atoms with Crippen LogP contribution in [-0.2, 0) is 22.1 Å². The summed E-state index contributed by atoms with van der Waals surface area (Å²) in [4.78, 5) is 6.81. The monoisotopic (exact) mass is 560 g/mol. The first kappa shape index (κ1) is 25.7. The van der Waals surface area contributed by atoms with Crippen LogP contribution in [0.2, 0.25) is 0 Å². The number of halogens is 1. The Balaban J connectivity index is 0.00000341. The summed E-state index contributed by atoms with van der Waals surface area (Å²) in [6.07, 6.45) is 6.71. The van der Waals surface area contributed by atoms with Crippen LogP contribution in [0.1, 0.15) is 42.2 Å². The molecule has 1 aliphatic rings. The summed E-state index contributed by atoms with van der Waals surface area (Å²) in [6.45, 7) is 3.48. The minimum absolute atomic E-state index is 0. The number of sulfone groups is 1. The molecule has 172 valence electrons. The van der Waals surface area contributed by atoms with Gasteiger partial charge in [0.2, 0.25) is 0 Å². The van der Waals surface area contributed by atoms with Crippen LogP contribution < -0.4 is 10.6 Å². The number of hydrogen-bond donors (Lipinski definition) is 2. The topological polar surface area (TPSA) is 86.9 Å². The van der Waals surface area contributed by atoms with Gasteiger partial charge in [0.1, 0.15) is 5.76 Å². The van der Waals surface area contributed by atoms with Gasteiger partial charge in [0.25, 0.3) is 0 Å². The fourth-order valence-corrected chi connectivity index (χ4v) is 4.57. The van der Waals surface area contributed by atoms with Crippen molar-refractivity contribution in [1.82, 2.24) is 15.5 Å². The fourth-order valence-electron chi connectivity index (χ4n) is 3.78. The van der Waals surface area contributed by atoms with E-state index in [1.807, 2.05) is 36.4 Å². The number of likely N-dealkylation sites (tertiary alicyclic amines) is 1. The van der Waals surface area contributed by atoms with Crippen LogP contribution in [0, 0.1) is 0 Å². The van der Waals surface area contributed by atoms with E-state index in [0.29, 0.717) is 13.1 Å². The van der Waals surface area contributed by atoms with Crippen molar-refractivity contribution in [3.8, 4) is 0 Å². The Labute approximate surface area is 202 Å². The van der Waals surface area contributed by atoms with E-state index in [4.69, 9.17) is 4.42 Å². The summed E-state index contributed by atoms with van der Waals surface area (Å²) >= 11 is 0. The van der Waals surface area contributed by atoms with Crippen molar-refractivity contribution in [2.45, 2.75) is 37.6 Å². The molecule has 2 aromatic rings. The molecular weight excluding hydrogens is 527 g/mol. The molecule has 1 aliphatic heterocycles. The second kappa shape index (κ2) is 12.4. The van der Waals surface area contributed by atoms with Crippen molar-refractivity contribution in [1.29, 1.82) is 0 Å². The Morgan fingerprint density at radius 1 is 1.10 bits per heavy atom. The lowest BCUT2D eigenvalue weighted by Crippen LogP contribution is -2.44. The first-order chi connectivity index (χ1) is 14.4. The Morgan fingerprint density at radius 2 is 1.77 bits per heavy atom. The maximum atomic E-state index is 11.4. The predicted octanol–water partition coefficient (Wildman–Crippen LogP) is 3.33. The molecule has 9 heteroatoms. The predicted molar refractivity (Wildman–Crippen MR) is 135 cm³/mol. The largest absolute Gasteiger partial charge is 0.468 e. The highest BCUT2D eigenvalue weighted by Crippen LogP contribution is 2.24. The summed E-state index contributed by atoms with van der Waals surface area (Å²) < 4.78 is 28.5. The highest BCUT2D eigenvalue weighted by atomic mass is 127. The number of aliphatic imine (C=N–C) groups is 1. The van der Waals surface area contributed by atoms with Gasteiger partial charge >= 0.3 is 0 Å². The van der Waals surface area contributed by atoms with Crippen molar-refractivity contribution >= 4 is 39.8 Å². The first-order valence-corrected chi connectivity index (χ1v) is 12.5. The van der Waals surface area contributed by atoms with Gasteiger partial charge < -0.3 is 15.1 Å². The third kappa shape index (κ3) is 8.46. The molecule has 2 N–H and O–H groups in total. The van der Waals surface area contributed by atoms with Crippen molar-refractivity contribution in [2.75, 3.05) is 32.9 Å². The van der Waals surface area contributed by atoms with Gasteiger partial charge in [0.15, 0.2) is 15.8 Å². The Hall–Kier alpha value is -1.59. The van der Waals surface area contributed by atoms with Gasteiger partial charge in [-0.2, -0.15) is 0 Å². The molecule has 0 aliphatic carbocycles. The third-order valence-corrected chi connectivity index (χ3v) is 6.16. The van der Waals surface area contributed by atoms with Crippen LogP contribution in [0.4, 0.5) is 0 Å². The molecule has 1 unspecified atom stereocenters. The average molecular weight is 561 g/mol. The first-order valence-electron chi connectivity index (χ1n) is 10.4. The SMILES string of the molecule is CN=C(NCc1ccc(CS(C)(=O)=O)cc1)NCC(c1ccco1)N1CCCCC1.I. The van der Waals surface area contributed by atoms with Gasteiger partial charge in [-0.05, 0) is 49.2 Å². The zero-order valence-corrected chi connectivity index (χ0v) is 21.4. The molecular formula is C22H33IN4O3S. The van der Waals surface area contributed by atoms with Gasteiger partial charge in [-0.25, -0.2) is 8.42 Å². The average Bonchev–Trinajstić information content (AvgIpc) is 3.26. The number of hydrogen-bond acceptors (Lipinski definition) is 5. The number of furan rings is 1. The van der Waals surface area contributed by atoms with Crippen LogP contribution >= 0.6 is 24.0 Å². The van der Waals surface area contributed by atoms with Crippen molar-refractivity contribution in [2.24, 2.45) is 4.99 Å². The van der Waals surface area contributed by atoms with Gasteiger partial charge in [-0.1, -0.05) is 30.7 Å². The van der Waals surface area contributed by atoms with E-state index in [-0.39, 0.29) is 35.8 Å². The fraction of sp³-hybridized carbons (Fsp3) is 0.500. The van der Waals surface area contributed by atoms with Crippen LogP contribution in [0.5, 0.6) is 0 Å². The van der Waals surface area contributed by atoms with E-state index < -0.39 is 9.84 Å². The quantitative estimate of drug-likeness (QED) is 0.293. The highest BCUT2D eigenvalue weighted by molar-refractivity contribution is 14.0. The molecule has 1 aromatic carbocycles. The molecule has 2 heterocycles. The zero-order valence-electron chi connectivity index (χ0n) is 18.2. The van der Waals surface area contributed by atoms with Crippen LogP contribution in [0.15, 0.2) is 52.1 Å². The molecule has 0 saturated carbocycles. The lowest BCUT2D eigenvalue weighted by molar-refractivity contribution is 0.146. The molecule has 0 spiro atoms. The molecule has 3 rings (SSSR count). The lowest BCUT2D eigenvalue weighted by atomic mass is 10.1.